The molecular formula is C34H66FeO4. The summed E-state index contributed by atoms with van der Waals surface area (Å²) in [6.45, 7) is 4.52. The van der Waals surface area contributed by atoms with Crippen LogP contribution in [0.3, 0.4) is 0 Å². The van der Waals surface area contributed by atoms with E-state index in [1.54, 1.807) is 0 Å². The first-order valence-electron chi connectivity index (χ1n) is 16.9. The van der Waals surface area contributed by atoms with Crippen molar-refractivity contribution in [2.24, 2.45) is 0 Å². The Morgan fingerprint density at radius 3 is 0.641 bits per heavy atom. The fraction of sp³-hybridized carbons (Fsp3) is 0.941. The molecule has 0 heterocycles. The van der Waals surface area contributed by atoms with Crippen molar-refractivity contribution in [3.8, 4) is 0 Å². The second-order valence-corrected chi connectivity index (χ2v) is 11.4. The molecule has 0 rings (SSSR count). The Kier molecular flexibility index (Phi) is 43.6. The van der Waals surface area contributed by atoms with Crippen LogP contribution in [0.15, 0.2) is 0 Å². The molecule has 0 N–H and O–H groups in total. The normalized spacial score (nSPS) is 10.5. The minimum atomic E-state index is -0.904. The van der Waals surface area contributed by atoms with Gasteiger partial charge in [-0.25, -0.2) is 0 Å². The Morgan fingerprint density at radius 2 is 0.487 bits per heavy atom. The van der Waals surface area contributed by atoms with E-state index in [-0.39, 0.29) is 29.9 Å². The average molecular weight is 595 g/mol. The molecule has 0 aromatic heterocycles. The van der Waals surface area contributed by atoms with Gasteiger partial charge in [-0.1, -0.05) is 181 Å². The van der Waals surface area contributed by atoms with E-state index in [0.717, 1.165) is 25.7 Å². The number of carboxylic acid groups (broad SMARTS) is 2. The van der Waals surface area contributed by atoms with Gasteiger partial charge in [0, 0.05) is 11.9 Å². The molecule has 0 fully saturated rings. The van der Waals surface area contributed by atoms with Gasteiger partial charge in [0.15, 0.2) is 0 Å². The van der Waals surface area contributed by atoms with Crippen molar-refractivity contribution in [1.82, 2.24) is 0 Å². The van der Waals surface area contributed by atoms with E-state index in [0.29, 0.717) is 0 Å². The number of unbranched alkanes of at least 4 members (excludes halogenated alkanes) is 26. The van der Waals surface area contributed by atoms with Gasteiger partial charge in [0.25, 0.3) is 0 Å². The second kappa shape index (κ2) is 39.6. The molecule has 0 spiro atoms. The SMILES string of the molecule is CCCCCCCCCCCCCCCCC(=O)[O-].CCCCCCCCCCCCCCCCC(=O)[O-].[Fe+2]. The van der Waals surface area contributed by atoms with Gasteiger partial charge in [-0.15, -0.1) is 0 Å². The van der Waals surface area contributed by atoms with Crippen LogP contribution < -0.4 is 10.2 Å². The number of hydrogen-bond donors (Lipinski definition) is 0. The third-order valence-electron chi connectivity index (χ3n) is 7.47. The molecule has 234 valence electrons. The van der Waals surface area contributed by atoms with Gasteiger partial charge in [-0.05, 0) is 25.7 Å². The van der Waals surface area contributed by atoms with Crippen molar-refractivity contribution in [1.29, 1.82) is 0 Å². The zero-order valence-electron chi connectivity index (χ0n) is 26.2. The van der Waals surface area contributed by atoms with Gasteiger partial charge in [0.05, 0.1) is 0 Å². The van der Waals surface area contributed by atoms with Crippen molar-refractivity contribution >= 4 is 11.9 Å². The number of rotatable bonds is 30. The Bertz CT molecular complexity index is 428. The van der Waals surface area contributed by atoms with Gasteiger partial charge in [0.1, 0.15) is 0 Å². The topological polar surface area (TPSA) is 80.3 Å². The molecule has 0 unspecified atom stereocenters. The summed E-state index contributed by atoms with van der Waals surface area (Å²) in [6, 6.07) is 0. The molecule has 0 atom stereocenters. The van der Waals surface area contributed by atoms with E-state index < -0.39 is 11.9 Å². The molecule has 0 aliphatic carbocycles. The van der Waals surface area contributed by atoms with Gasteiger partial charge in [-0.3, -0.25) is 0 Å². The van der Waals surface area contributed by atoms with Gasteiger partial charge in [-0.2, -0.15) is 0 Å². The predicted molar refractivity (Wildman–Crippen MR) is 160 cm³/mol. The van der Waals surface area contributed by atoms with Crippen LogP contribution >= 0.6 is 0 Å². The average Bonchev–Trinajstić information content (AvgIpc) is 2.89. The molecule has 0 aromatic rings. The van der Waals surface area contributed by atoms with Crippen molar-refractivity contribution < 1.29 is 36.9 Å². The standard InChI is InChI=1S/2C17H34O2.Fe/c2*1-2-3-4-5-6-7-8-9-10-11-12-13-14-15-16-17(18)19;/h2*2-16H2,1H3,(H,18,19);/q;;+2/p-2. The number of carboxylic acids is 2. The van der Waals surface area contributed by atoms with Crippen LogP contribution in [-0.2, 0) is 26.7 Å². The minimum Gasteiger partial charge on any atom is -0.550 e. The van der Waals surface area contributed by atoms with E-state index in [9.17, 15) is 19.8 Å². The minimum absolute atomic E-state index is 0. The van der Waals surface area contributed by atoms with Crippen molar-refractivity contribution in [2.75, 3.05) is 0 Å². The van der Waals surface area contributed by atoms with Crippen LogP contribution in [0.2, 0.25) is 0 Å². The zero-order chi connectivity index (χ0) is 28.4. The van der Waals surface area contributed by atoms with E-state index >= 15 is 0 Å². The fourth-order valence-corrected chi connectivity index (χ4v) is 4.93. The van der Waals surface area contributed by atoms with Crippen molar-refractivity contribution in [3.05, 3.63) is 0 Å². The fourth-order valence-electron chi connectivity index (χ4n) is 4.93. The monoisotopic (exact) mass is 594 g/mol. The molecule has 0 saturated carbocycles. The summed E-state index contributed by atoms with van der Waals surface area (Å²) in [4.78, 5) is 20.4. The molecule has 0 saturated heterocycles. The first kappa shape index (κ1) is 42.9. The Labute approximate surface area is 254 Å². The molecule has 0 amide bonds. The molecule has 0 aliphatic heterocycles. The number of aliphatic carboxylic acids is 2. The van der Waals surface area contributed by atoms with Crippen LogP contribution in [0.1, 0.15) is 206 Å². The van der Waals surface area contributed by atoms with Gasteiger partial charge in [0.2, 0.25) is 0 Å². The second-order valence-electron chi connectivity index (χ2n) is 11.4. The van der Waals surface area contributed by atoms with Gasteiger partial charge >= 0.3 is 17.1 Å². The van der Waals surface area contributed by atoms with Crippen molar-refractivity contribution in [3.63, 3.8) is 0 Å². The zero-order valence-corrected chi connectivity index (χ0v) is 27.3. The molecular weight excluding hydrogens is 528 g/mol. The summed E-state index contributed by atoms with van der Waals surface area (Å²) >= 11 is 0. The molecule has 0 aromatic carbocycles. The van der Waals surface area contributed by atoms with Crippen LogP contribution in [0, 0.1) is 0 Å². The maximum atomic E-state index is 10.2. The quantitative estimate of drug-likeness (QED) is 0.0613. The molecule has 39 heavy (non-hydrogen) atoms. The largest absolute Gasteiger partial charge is 2.00 e. The first-order valence-corrected chi connectivity index (χ1v) is 16.9. The van der Waals surface area contributed by atoms with E-state index in [1.165, 1.54) is 154 Å². The van der Waals surface area contributed by atoms with Crippen LogP contribution in [0.4, 0.5) is 0 Å². The van der Waals surface area contributed by atoms with E-state index in [4.69, 9.17) is 0 Å². The van der Waals surface area contributed by atoms with Crippen molar-refractivity contribution in [2.45, 2.75) is 206 Å². The molecule has 5 heteroatoms. The maximum absolute atomic E-state index is 10.2. The van der Waals surface area contributed by atoms with Crippen LogP contribution in [0.25, 0.3) is 0 Å². The first-order chi connectivity index (χ1) is 18.5. The van der Waals surface area contributed by atoms with Crippen LogP contribution in [-0.4, -0.2) is 11.9 Å². The van der Waals surface area contributed by atoms with E-state index in [2.05, 4.69) is 13.8 Å². The summed E-state index contributed by atoms with van der Waals surface area (Å²) in [5, 5.41) is 20.4. The summed E-state index contributed by atoms with van der Waals surface area (Å²) < 4.78 is 0. The molecule has 0 bridgehead atoms. The number of hydrogen-bond acceptors (Lipinski definition) is 4. The number of carbonyl (C=O) groups is 2. The Morgan fingerprint density at radius 1 is 0.333 bits per heavy atom. The van der Waals surface area contributed by atoms with E-state index in [1.807, 2.05) is 0 Å². The molecule has 4 nitrogen and oxygen atoms in total. The summed E-state index contributed by atoms with van der Waals surface area (Å²) in [7, 11) is 0. The molecule has 0 aliphatic rings. The summed E-state index contributed by atoms with van der Waals surface area (Å²) in [6.07, 6.45) is 36.8. The Hall–Kier alpha value is -0.541. The maximum Gasteiger partial charge on any atom is 2.00 e. The summed E-state index contributed by atoms with van der Waals surface area (Å²) in [5.74, 6) is -1.81. The van der Waals surface area contributed by atoms with Crippen LogP contribution in [0.5, 0.6) is 0 Å². The summed E-state index contributed by atoms with van der Waals surface area (Å²) in [5.41, 5.74) is 0. The number of carbonyl (C=O) groups excluding carboxylic acids is 2. The third kappa shape index (κ3) is 47.6. The van der Waals surface area contributed by atoms with Gasteiger partial charge < -0.3 is 19.8 Å². The smallest absolute Gasteiger partial charge is 0.550 e. The molecule has 0 radical (unpaired) electrons. The predicted octanol–water partition coefficient (Wildman–Crippen LogP) is 9.21. The third-order valence-corrected chi connectivity index (χ3v) is 7.47. The Balaban J connectivity index is -0.000000648.